The molecule has 0 aromatic heterocycles. The Balaban J connectivity index is 2.68. The van der Waals surface area contributed by atoms with Gasteiger partial charge in [-0.05, 0) is 30.4 Å². The highest BCUT2D eigenvalue weighted by Crippen LogP contribution is 2.25. The van der Waals surface area contributed by atoms with E-state index < -0.39 is 0 Å². The predicted molar refractivity (Wildman–Crippen MR) is 63.1 cm³/mol. The van der Waals surface area contributed by atoms with Gasteiger partial charge in [0.25, 0.3) is 0 Å². The van der Waals surface area contributed by atoms with E-state index in [2.05, 4.69) is 44.9 Å². The van der Waals surface area contributed by atoms with Gasteiger partial charge in [-0.15, -0.1) is 0 Å². The summed E-state index contributed by atoms with van der Waals surface area (Å²) in [5, 5.41) is 0. The number of likely N-dealkylation sites (tertiary alicyclic amines) is 1. The summed E-state index contributed by atoms with van der Waals surface area (Å²) < 4.78 is 0. The molecule has 0 aliphatic carbocycles. The van der Waals surface area contributed by atoms with E-state index in [1.807, 2.05) is 0 Å². The van der Waals surface area contributed by atoms with E-state index in [1.165, 1.54) is 16.8 Å². The zero-order valence-corrected chi connectivity index (χ0v) is 9.64. The third-order valence-corrected chi connectivity index (χ3v) is 2.92. The van der Waals surface area contributed by atoms with Gasteiger partial charge in [-0.1, -0.05) is 33.1 Å². The first-order valence-corrected chi connectivity index (χ1v) is 5.33. The van der Waals surface area contributed by atoms with E-state index in [4.69, 9.17) is 0 Å². The van der Waals surface area contributed by atoms with Crippen LogP contribution in [0.5, 0.6) is 0 Å². The normalized spacial score (nSPS) is 20.7. The van der Waals surface area contributed by atoms with Crippen molar-refractivity contribution in [3.63, 3.8) is 0 Å². The summed E-state index contributed by atoms with van der Waals surface area (Å²) in [5.74, 6) is 0.541. The lowest BCUT2D eigenvalue weighted by atomic mass is 9.97. The summed E-state index contributed by atoms with van der Waals surface area (Å²) in [6.45, 7) is 16.8. The van der Waals surface area contributed by atoms with Gasteiger partial charge in [-0.2, -0.15) is 0 Å². The Morgan fingerprint density at radius 1 is 1.50 bits per heavy atom. The van der Waals surface area contributed by atoms with Crippen molar-refractivity contribution in [2.24, 2.45) is 5.92 Å². The van der Waals surface area contributed by atoms with E-state index in [-0.39, 0.29) is 0 Å². The quantitative estimate of drug-likeness (QED) is 0.647. The van der Waals surface area contributed by atoms with Crippen LogP contribution in [-0.2, 0) is 0 Å². The van der Waals surface area contributed by atoms with E-state index in [0.717, 1.165) is 19.5 Å². The molecule has 1 heteroatoms. The lowest BCUT2D eigenvalue weighted by Gasteiger charge is -2.34. The van der Waals surface area contributed by atoms with Gasteiger partial charge in [0.05, 0.1) is 0 Å². The predicted octanol–water partition coefficient (Wildman–Crippen LogP) is 3.36. The first-order valence-electron chi connectivity index (χ1n) is 5.33. The van der Waals surface area contributed by atoms with Crippen molar-refractivity contribution < 1.29 is 0 Å². The van der Waals surface area contributed by atoms with Crippen LogP contribution in [-0.4, -0.2) is 18.0 Å². The molecule has 0 amide bonds. The minimum absolute atomic E-state index is 0.541. The molecule has 1 rings (SSSR count). The van der Waals surface area contributed by atoms with Crippen molar-refractivity contribution in [1.29, 1.82) is 0 Å². The zero-order valence-electron chi connectivity index (χ0n) is 9.64. The summed E-state index contributed by atoms with van der Waals surface area (Å²) in [4.78, 5) is 2.37. The molecule has 1 aliphatic heterocycles. The average molecular weight is 191 g/mol. The molecule has 1 aliphatic rings. The Hall–Kier alpha value is -0.980. The third-order valence-electron chi connectivity index (χ3n) is 2.92. The number of hydrogen-bond acceptors (Lipinski definition) is 1. The Morgan fingerprint density at radius 3 is 2.64 bits per heavy atom. The molecule has 0 radical (unpaired) electrons. The number of nitrogens with zero attached hydrogens (tertiary/aromatic N) is 1. The summed E-state index contributed by atoms with van der Waals surface area (Å²) >= 11 is 0. The second-order valence-electron chi connectivity index (χ2n) is 4.24. The summed E-state index contributed by atoms with van der Waals surface area (Å²) in [7, 11) is 0. The van der Waals surface area contributed by atoms with Crippen LogP contribution < -0.4 is 0 Å². The van der Waals surface area contributed by atoms with Gasteiger partial charge < -0.3 is 4.90 Å². The molecule has 14 heavy (non-hydrogen) atoms. The second kappa shape index (κ2) is 4.50. The molecule has 1 heterocycles. The smallest absolute Gasteiger partial charge is 0.0425 e. The number of piperidine rings is 1. The van der Waals surface area contributed by atoms with Crippen LogP contribution in [0.15, 0.2) is 36.1 Å². The van der Waals surface area contributed by atoms with Crippen LogP contribution in [0.1, 0.15) is 27.2 Å². The second-order valence-corrected chi connectivity index (χ2v) is 4.24. The molecule has 0 bridgehead atoms. The summed E-state index contributed by atoms with van der Waals surface area (Å²) in [6.07, 6.45) is 3.24. The van der Waals surface area contributed by atoms with Crippen molar-refractivity contribution in [3.8, 4) is 0 Å². The summed E-state index contributed by atoms with van der Waals surface area (Å²) in [5.41, 5.74) is 3.91. The van der Waals surface area contributed by atoms with Gasteiger partial charge in [-0.25, -0.2) is 0 Å². The Kier molecular flexibility index (Phi) is 3.56. The molecule has 0 saturated carbocycles. The van der Waals surface area contributed by atoms with Gasteiger partial charge in [0.1, 0.15) is 0 Å². The molecular weight excluding hydrogens is 170 g/mol. The largest absolute Gasteiger partial charge is 0.370 e. The molecule has 0 unspecified atom stereocenters. The van der Waals surface area contributed by atoms with Crippen LogP contribution in [0.4, 0.5) is 0 Å². The number of rotatable bonds is 2. The minimum Gasteiger partial charge on any atom is -0.370 e. The molecule has 1 fully saturated rings. The van der Waals surface area contributed by atoms with Crippen molar-refractivity contribution in [3.05, 3.63) is 36.1 Å². The molecule has 0 aromatic rings. The van der Waals surface area contributed by atoms with E-state index in [0.29, 0.717) is 5.92 Å². The third kappa shape index (κ3) is 2.28. The Labute approximate surface area is 87.8 Å². The van der Waals surface area contributed by atoms with E-state index in [9.17, 15) is 0 Å². The van der Waals surface area contributed by atoms with Gasteiger partial charge in [0, 0.05) is 18.8 Å². The highest BCUT2D eigenvalue weighted by molar-refractivity contribution is 5.32. The minimum atomic E-state index is 0.541. The SMILES string of the molecule is C=C1CCN(C(=C)C(C)C)C/C1=C/C. The van der Waals surface area contributed by atoms with Crippen molar-refractivity contribution in [2.45, 2.75) is 27.2 Å². The highest BCUT2D eigenvalue weighted by Gasteiger charge is 2.18. The molecule has 0 atom stereocenters. The summed E-state index contributed by atoms with van der Waals surface area (Å²) in [6, 6.07) is 0. The molecular formula is C13H21N. The van der Waals surface area contributed by atoms with Crippen LogP contribution in [0.25, 0.3) is 0 Å². The molecule has 1 saturated heterocycles. The van der Waals surface area contributed by atoms with Crippen molar-refractivity contribution in [2.75, 3.05) is 13.1 Å². The maximum Gasteiger partial charge on any atom is 0.0425 e. The fourth-order valence-corrected chi connectivity index (χ4v) is 1.73. The lowest BCUT2D eigenvalue weighted by Crippen LogP contribution is -2.32. The fraction of sp³-hybridized carbons (Fsp3) is 0.538. The lowest BCUT2D eigenvalue weighted by molar-refractivity contribution is 0.325. The molecule has 0 N–H and O–H groups in total. The van der Waals surface area contributed by atoms with Crippen LogP contribution in [0, 0.1) is 5.92 Å². The fourth-order valence-electron chi connectivity index (χ4n) is 1.73. The van der Waals surface area contributed by atoms with Crippen LogP contribution >= 0.6 is 0 Å². The zero-order chi connectivity index (χ0) is 10.7. The molecule has 0 aromatic carbocycles. The van der Waals surface area contributed by atoms with Gasteiger partial charge >= 0.3 is 0 Å². The van der Waals surface area contributed by atoms with Gasteiger partial charge in [-0.3, -0.25) is 0 Å². The monoisotopic (exact) mass is 191 g/mol. The topological polar surface area (TPSA) is 3.24 Å². The van der Waals surface area contributed by atoms with Crippen LogP contribution in [0.3, 0.4) is 0 Å². The van der Waals surface area contributed by atoms with E-state index in [1.54, 1.807) is 0 Å². The average Bonchev–Trinajstić information content (AvgIpc) is 2.17. The van der Waals surface area contributed by atoms with Crippen LogP contribution in [0.2, 0.25) is 0 Å². The maximum atomic E-state index is 4.14. The Morgan fingerprint density at radius 2 is 2.14 bits per heavy atom. The molecule has 0 spiro atoms. The molecule has 1 nitrogen and oxygen atoms in total. The van der Waals surface area contributed by atoms with Crippen molar-refractivity contribution >= 4 is 0 Å². The van der Waals surface area contributed by atoms with Gasteiger partial charge in [0.2, 0.25) is 0 Å². The maximum absolute atomic E-state index is 4.14. The number of allylic oxidation sites excluding steroid dienone is 2. The Bertz CT molecular complexity index is 271. The molecule has 78 valence electrons. The first-order chi connectivity index (χ1) is 6.56. The first kappa shape index (κ1) is 11.1. The highest BCUT2D eigenvalue weighted by atomic mass is 15.1. The van der Waals surface area contributed by atoms with Crippen molar-refractivity contribution in [1.82, 2.24) is 4.90 Å². The standard InChI is InChI=1S/C13H21N/c1-6-13-9-14(8-7-11(13)4)12(5)10(2)3/h6,10H,4-5,7-9H2,1-3H3/b13-6-. The number of hydrogen-bond donors (Lipinski definition) is 0. The van der Waals surface area contributed by atoms with E-state index >= 15 is 0 Å². The van der Waals surface area contributed by atoms with Gasteiger partial charge in [0.15, 0.2) is 0 Å².